The average molecular weight is 317 g/mol. The molecule has 0 amide bonds. The summed E-state index contributed by atoms with van der Waals surface area (Å²) in [7, 11) is -2.18. The molecule has 0 atom stereocenters. The molecule has 0 aliphatic rings. The molecule has 7 heteroatoms. The summed E-state index contributed by atoms with van der Waals surface area (Å²) in [6, 6.07) is 0. The van der Waals surface area contributed by atoms with Gasteiger partial charge < -0.3 is 5.11 Å². The maximum absolute atomic E-state index is 12.7. The van der Waals surface area contributed by atoms with Crippen molar-refractivity contribution in [2.75, 3.05) is 13.6 Å². The quantitative estimate of drug-likeness (QED) is 0.863. The van der Waals surface area contributed by atoms with Crippen molar-refractivity contribution >= 4 is 10.0 Å². The fraction of sp³-hybridized carbons (Fsp3) is 0.786. The largest absolute Gasteiger partial charge is 0.389 e. The van der Waals surface area contributed by atoms with E-state index >= 15 is 0 Å². The highest BCUT2D eigenvalue weighted by Crippen LogP contribution is 2.24. The van der Waals surface area contributed by atoms with Gasteiger partial charge in [-0.05, 0) is 33.6 Å². The summed E-state index contributed by atoms with van der Waals surface area (Å²) < 4.78 is 28.3. The average Bonchev–Trinajstić information content (AvgIpc) is 2.50. The zero-order valence-corrected chi connectivity index (χ0v) is 14.8. The summed E-state index contributed by atoms with van der Waals surface area (Å²) in [4.78, 5) is 0.245. The molecule has 1 N–H and O–H groups in total. The Morgan fingerprint density at radius 1 is 1.33 bits per heavy atom. The third-order valence-electron chi connectivity index (χ3n) is 3.13. The second kappa shape index (κ2) is 6.06. The molecule has 0 fully saturated rings. The molecule has 0 aliphatic carbocycles. The minimum Gasteiger partial charge on any atom is -0.389 e. The van der Waals surface area contributed by atoms with Gasteiger partial charge in [0, 0.05) is 20.1 Å². The van der Waals surface area contributed by atoms with Gasteiger partial charge in [0.25, 0.3) is 0 Å². The molecule has 0 aliphatic heterocycles. The number of aryl methyl sites for hydroxylation is 1. The van der Waals surface area contributed by atoms with Crippen LogP contribution in [0, 0.1) is 19.8 Å². The van der Waals surface area contributed by atoms with E-state index in [9.17, 15) is 13.5 Å². The van der Waals surface area contributed by atoms with Gasteiger partial charge in [-0.1, -0.05) is 13.8 Å². The molecule has 0 aromatic carbocycles. The monoisotopic (exact) mass is 317 g/mol. The van der Waals surface area contributed by atoms with Gasteiger partial charge in [-0.25, -0.2) is 8.42 Å². The van der Waals surface area contributed by atoms with Crippen LogP contribution in [0.25, 0.3) is 0 Å². The first-order valence-electron chi connectivity index (χ1n) is 7.09. The van der Waals surface area contributed by atoms with Crippen LogP contribution in [0.5, 0.6) is 0 Å². The third kappa shape index (κ3) is 4.28. The second-order valence-corrected chi connectivity index (χ2v) is 8.63. The van der Waals surface area contributed by atoms with Crippen LogP contribution < -0.4 is 0 Å². The van der Waals surface area contributed by atoms with Crippen LogP contribution in [0.3, 0.4) is 0 Å². The maximum Gasteiger partial charge on any atom is 0.246 e. The molecule has 1 aromatic rings. The van der Waals surface area contributed by atoms with Crippen LogP contribution in [0.4, 0.5) is 0 Å². The molecule has 0 radical (unpaired) electrons. The van der Waals surface area contributed by atoms with Gasteiger partial charge in [0.05, 0.1) is 17.0 Å². The lowest BCUT2D eigenvalue weighted by Gasteiger charge is -2.25. The Kier molecular flexibility index (Phi) is 5.23. The number of rotatable bonds is 6. The molecule has 1 rings (SSSR count). The van der Waals surface area contributed by atoms with E-state index in [-0.39, 0.29) is 11.4 Å². The van der Waals surface area contributed by atoms with Crippen molar-refractivity contribution in [1.82, 2.24) is 14.1 Å². The van der Waals surface area contributed by atoms with Gasteiger partial charge >= 0.3 is 0 Å². The molecule has 21 heavy (non-hydrogen) atoms. The second-order valence-electron chi connectivity index (χ2n) is 6.65. The zero-order chi connectivity index (χ0) is 16.6. The number of likely N-dealkylation sites (N-methyl/N-ethyl adjacent to an activating group) is 1. The molecule has 0 saturated heterocycles. The Balaban J connectivity index is 3.23. The zero-order valence-electron chi connectivity index (χ0n) is 14.0. The number of nitrogens with zero attached hydrogens (tertiary/aromatic N) is 3. The SMILES string of the molecule is Cc1nn(CC(C)C)c(C)c1S(=O)(=O)N(C)CC(C)(C)O. The Labute approximate surface area is 127 Å². The number of hydrogen-bond donors (Lipinski definition) is 1. The van der Waals surface area contributed by atoms with Crippen molar-refractivity contribution in [1.29, 1.82) is 0 Å². The summed E-state index contributed by atoms with van der Waals surface area (Å²) in [6.45, 7) is 11.5. The van der Waals surface area contributed by atoms with Crippen LogP contribution >= 0.6 is 0 Å². The van der Waals surface area contributed by atoms with E-state index in [0.29, 0.717) is 23.9 Å². The van der Waals surface area contributed by atoms with Crippen LogP contribution in [0.2, 0.25) is 0 Å². The van der Waals surface area contributed by atoms with E-state index in [1.807, 2.05) is 0 Å². The smallest absolute Gasteiger partial charge is 0.246 e. The highest BCUT2D eigenvalue weighted by molar-refractivity contribution is 7.89. The lowest BCUT2D eigenvalue weighted by Crippen LogP contribution is -2.40. The molecular weight excluding hydrogens is 290 g/mol. The van der Waals surface area contributed by atoms with Crippen LogP contribution in [-0.2, 0) is 16.6 Å². The minimum atomic E-state index is -3.66. The third-order valence-corrected chi connectivity index (χ3v) is 5.19. The van der Waals surface area contributed by atoms with Crippen LogP contribution in [-0.4, -0.2) is 46.8 Å². The summed E-state index contributed by atoms with van der Waals surface area (Å²) in [5, 5.41) is 14.2. The Morgan fingerprint density at radius 3 is 2.29 bits per heavy atom. The van der Waals surface area contributed by atoms with E-state index in [1.54, 1.807) is 32.4 Å². The lowest BCUT2D eigenvalue weighted by molar-refractivity contribution is 0.0639. The van der Waals surface area contributed by atoms with Gasteiger partial charge in [-0.3, -0.25) is 4.68 Å². The highest BCUT2D eigenvalue weighted by Gasteiger charge is 2.31. The van der Waals surface area contributed by atoms with E-state index < -0.39 is 15.6 Å². The first-order chi connectivity index (χ1) is 9.36. The summed E-state index contributed by atoms with van der Waals surface area (Å²) in [5.74, 6) is 0.382. The molecule has 0 unspecified atom stereocenters. The van der Waals surface area contributed by atoms with Crippen molar-refractivity contribution in [3.8, 4) is 0 Å². The summed E-state index contributed by atoms with van der Waals surface area (Å²) >= 11 is 0. The standard InChI is InChI=1S/C14H27N3O3S/c1-10(2)8-17-12(4)13(11(3)15-17)21(19,20)16(7)9-14(5,6)18/h10,18H,8-9H2,1-7H3. The van der Waals surface area contributed by atoms with Gasteiger partial charge in [0.15, 0.2) is 0 Å². The predicted octanol–water partition coefficient (Wildman–Crippen LogP) is 1.55. The molecule has 1 heterocycles. The topological polar surface area (TPSA) is 75.4 Å². The minimum absolute atomic E-state index is 0.0313. The van der Waals surface area contributed by atoms with Gasteiger partial charge in [-0.2, -0.15) is 9.40 Å². The normalized spacial score (nSPS) is 13.4. The van der Waals surface area contributed by atoms with Gasteiger partial charge in [0.2, 0.25) is 10.0 Å². The Bertz CT molecular complexity index is 598. The fourth-order valence-electron chi connectivity index (χ4n) is 2.36. The van der Waals surface area contributed by atoms with Crippen molar-refractivity contribution in [2.45, 2.75) is 58.6 Å². The van der Waals surface area contributed by atoms with Crippen LogP contribution in [0.15, 0.2) is 4.90 Å². The number of hydrogen-bond acceptors (Lipinski definition) is 4. The first kappa shape index (κ1) is 18.1. The molecule has 122 valence electrons. The predicted molar refractivity (Wildman–Crippen MR) is 82.7 cm³/mol. The lowest BCUT2D eigenvalue weighted by atomic mass is 10.1. The molecular formula is C14H27N3O3S. The molecule has 1 aromatic heterocycles. The van der Waals surface area contributed by atoms with Gasteiger partial charge in [0.1, 0.15) is 4.90 Å². The molecule has 0 bridgehead atoms. The van der Waals surface area contributed by atoms with Crippen molar-refractivity contribution in [2.24, 2.45) is 5.92 Å². The van der Waals surface area contributed by atoms with Gasteiger partial charge in [-0.15, -0.1) is 0 Å². The van der Waals surface area contributed by atoms with Crippen molar-refractivity contribution < 1.29 is 13.5 Å². The first-order valence-corrected chi connectivity index (χ1v) is 8.53. The highest BCUT2D eigenvalue weighted by atomic mass is 32.2. The Hall–Kier alpha value is -0.920. The number of sulfonamides is 1. The van der Waals surface area contributed by atoms with Crippen molar-refractivity contribution in [3.05, 3.63) is 11.4 Å². The summed E-state index contributed by atoms with van der Waals surface area (Å²) in [5.41, 5.74) is 0.0527. The Morgan fingerprint density at radius 2 is 1.86 bits per heavy atom. The fourth-order valence-corrected chi connectivity index (χ4v) is 4.05. The maximum atomic E-state index is 12.7. The van der Waals surface area contributed by atoms with E-state index in [4.69, 9.17) is 0 Å². The van der Waals surface area contributed by atoms with Crippen LogP contribution in [0.1, 0.15) is 39.1 Å². The van der Waals surface area contributed by atoms with E-state index in [2.05, 4.69) is 18.9 Å². The molecule has 0 saturated carbocycles. The van der Waals surface area contributed by atoms with E-state index in [1.165, 1.54) is 11.4 Å². The summed E-state index contributed by atoms with van der Waals surface area (Å²) in [6.07, 6.45) is 0. The molecule has 6 nitrogen and oxygen atoms in total. The van der Waals surface area contributed by atoms with E-state index in [0.717, 1.165) is 0 Å². The van der Waals surface area contributed by atoms with Crippen molar-refractivity contribution in [3.63, 3.8) is 0 Å². The number of aromatic nitrogens is 2. The number of aliphatic hydroxyl groups is 1. The molecule has 0 spiro atoms.